The zero-order valence-corrected chi connectivity index (χ0v) is 8.53. The largest absolute Gasteiger partial charge is 0.0837 e. The molecule has 0 aromatic heterocycles. The molecule has 0 saturated heterocycles. The maximum Gasteiger partial charge on any atom is -0.0260 e. The molecule has 13 heavy (non-hydrogen) atoms. The van der Waals surface area contributed by atoms with Crippen molar-refractivity contribution >= 4 is 6.08 Å². The van der Waals surface area contributed by atoms with E-state index in [1.165, 1.54) is 18.4 Å². The van der Waals surface area contributed by atoms with Crippen molar-refractivity contribution in [3.63, 3.8) is 0 Å². The van der Waals surface area contributed by atoms with Crippen LogP contribution in [0.4, 0.5) is 0 Å². The lowest BCUT2D eigenvalue weighted by molar-refractivity contribution is 0.573. The summed E-state index contributed by atoms with van der Waals surface area (Å²) in [4.78, 5) is 0. The first-order chi connectivity index (χ1) is 6.33. The first kappa shape index (κ1) is 10.0. The molecule has 0 saturated carbocycles. The smallest absolute Gasteiger partial charge is 0.0260 e. The summed E-state index contributed by atoms with van der Waals surface area (Å²) in [6.45, 7) is 4.52. The first-order valence-corrected chi connectivity index (χ1v) is 5.04. The molecule has 0 aliphatic heterocycles. The van der Waals surface area contributed by atoms with Crippen molar-refractivity contribution in [3.05, 3.63) is 42.0 Å². The number of rotatable bonds is 4. The maximum atomic E-state index is 2.29. The maximum absolute atomic E-state index is 2.29. The monoisotopic (exact) mass is 174 g/mol. The number of hydrogen-bond acceptors (Lipinski definition) is 0. The molecule has 0 fully saturated rings. The highest BCUT2D eigenvalue weighted by Gasteiger charge is 1.93. The summed E-state index contributed by atoms with van der Waals surface area (Å²) in [7, 11) is 0. The summed E-state index contributed by atoms with van der Waals surface area (Å²) in [6, 6.07) is 10.5. The third-order valence-electron chi connectivity index (χ3n) is 2.35. The fourth-order valence-electron chi connectivity index (χ4n) is 1.17. The van der Waals surface area contributed by atoms with Gasteiger partial charge in [-0.05, 0) is 17.9 Å². The molecule has 1 rings (SSSR count). The molecule has 0 radical (unpaired) electrons. The molecule has 0 aliphatic carbocycles. The van der Waals surface area contributed by atoms with E-state index in [0.717, 1.165) is 5.92 Å². The third-order valence-corrected chi connectivity index (χ3v) is 2.35. The van der Waals surface area contributed by atoms with Gasteiger partial charge in [-0.3, -0.25) is 0 Å². The average molecular weight is 174 g/mol. The van der Waals surface area contributed by atoms with E-state index in [1.807, 2.05) is 6.07 Å². The highest BCUT2D eigenvalue weighted by atomic mass is 14.0. The Morgan fingerprint density at radius 3 is 2.54 bits per heavy atom. The predicted octanol–water partition coefficient (Wildman–Crippen LogP) is 4.14. The van der Waals surface area contributed by atoms with E-state index < -0.39 is 0 Å². The van der Waals surface area contributed by atoms with Crippen LogP contribution in [0.1, 0.15) is 32.3 Å². The fourth-order valence-corrected chi connectivity index (χ4v) is 1.17. The van der Waals surface area contributed by atoms with E-state index in [0.29, 0.717) is 0 Å². The lowest BCUT2D eigenvalue weighted by Crippen LogP contribution is -1.87. The minimum absolute atomic E-state index is 0.806. The quantitative estimate of drug-likeness (QED) is 0.643. The van der Waals surface area contributed by atoms with Crippen molar-refractivity contribution in [2.24, 2.45) is 5.92 Å². The molecule has 0 amide bonds. The van der Waals surface area contributed by atoms with Crippen LogP contribution >= 0.6 is 0 Å². The molecule has 1 unspecified atom stereocenters. The number of hydrogen-bond donors (Lipinski definition) is 0. The molecule has 70 valence electrons. The zero-order chi connectivity index (χ0) is 9.52. The molecule has 0 bridgehead atoms. The van der Waals surface area contributed by atoms with Crippen LogP contribution in [0.5, 0.6) is 0 Å². The molecule has 1 aromatic carbocycles. The van der Waals surface area contributed by atoms with Gasteiger partial charge in [-0.1, -0.05) is 62.8 Å². The molecule has 1 atom stereocenters. The van der Waals surface area contributed by atoms with Gasteiger partial charge < -0.3 is 0 Å². The van der Waals surface area contributed by atoms with Crippen LogP contribution in [-0.4, -0.2) is 0 Å². The summed E-state index contributed by atoms with van der Waals surface area (Å²) in [5.41, 5.74) is 1.30. The van der Waals surface area contributed by atoms with Crippen LogP contribution < -0.4 is 0 Å². The predicted molar refractivity (Wildman–Crippen MR) is 59.5 cm³/mol. The lowest BCUT2D eigenvalue weighted by Gasteiger charge is -2.02. The highest BCUT2D eigenvalue weighted by molar-refractivity contribution is 5.48. The van der Waals surface area contributed by atoms with Gasteiger partial charge >= 0.3 is 0 Å². The molecule has 0 heteroatoms. The van der Waals surface area contributed by atoms with Gasteiger partial charge in [-0.25, -0.2) is 0 Å². The molecule has 0 aliphatic rings. The van der Waals surface area contributed by atoms with Gasteiger partial charge in [0, 0.05) is 0 Å². The average Bonchev–Trinajstić information content (AvgIpc) is 2.19. The second kappa shape index (κ2) is 5.58. The van der Waals surface area contributed by atoms with Crippen molar-refractivity contribution < 1.29 is 0 Å². The minimum atomic E-state index is 0.806. The Kier molecular flexibility index (Phi) is 4.31. The van der Waals surface area contributed by atoms with Crippen molar-refractivity contribution in [3.8, 4) is 0 Å². The zero-order valence-electron chi connectivity index (χ0n) is 8.53. The molecule has 0 N–H and O–H groups in total. The van der Waals surface area contributed by atoms with Gasteiger partial charge in [0.1, 0.15) is 0 Å². The molecule has 0 nitrogen and oxygen atoms in total. The van der Waals surface area contributed by atoms with Crippen molar-refractivity contribution in [2.45, 2.75) is 26.7 Å². The van der Waals surface area contributed by atoms with Crippen LogP contribution in [-0.2, 0) is 0 Å². The standard InChI is InChI=1S/C13H18/c1-3-12(2)8-7-11-13-9-5-4-6-10-13/h4-7,9-12H,3,8H2,1-2H3/b11-7-. The van der Waals surface area contributed by atoms with Crippen molar-refractivity contribution in [1.82, 2.24) is 0 Å². The first-order valence-electron chi connectivity index (χ1n) is 5.04. The van der Waals surface area contributed by atoms with E-state index in [2.05, 4.69) is 50.3 Å². The minimum Gasteiger partial charge on any atom is -0.0837 e. The molecular formula is C13H18. The van der Waals surface area contributed by atoms with Crippen molar-refractivity contribution in [1.29, 1.82) is 0 Å². The van der Waals surface area contributed by atoms with Crippen molar-refractivity contribution in [2.75, 3.05) is 0 Å². The Balaban J connectivity index is 2.41. The van der Waals surface area contributed by atoms with E-state index in [9.17, 15) is 0 Å². The Labute approximate surface area is 81.3 Å². The fraction of sp³-hybridized carbons (Fsp3) is 0.385. The van der Waals surface area contributed by atoms with Crippen LogP contribution in [0.15, 0.2) is 36.4 Å². The Hall–Kier alpha value is -1.04. The Morgan fingerprint density at radius 1 is 1.23 bits per heavy atom. The van der Waals surface area contributed by atoms with Gasteiger partial charge in [0.05, 0.1) is 0 Å². The van der Waals surface area contributed by atoms with Gasteiger partial charge in [-0.2, -0.15) is 0 Å². The van der Waals surface area contributed by atoms with Gasteiger partial charge in [0.2, 0.25) is 0 Å². The van der Waals surface area contributed by atoms with Crippen LogP contribution in [0.2, 0.25) is 0 Å². The second-order valence-electron chi connectivity index (χ2n) is 3.56. The van der Waals surface area contributed by atoms with Gasteiger partial charge in [0.15, 0.2) is 0 Å². The topological polar surface area (TPSA) is 0 Å². The SMILES string of the molecule is CCC(C)C/C=C\c1ccccc1. The Morgan fingerprint density at radius 2 is 1.92 bits per heavy atom. The van der Waals surface area contributed by atoms with E-state index >= 15 is 0 Å². The van der Waals surface area contributed by atoms with Gasteiger partial charge in [0.25, 0.3) is 0 Å². The normalized spacial score (nSPS) is 13.4. The lowest BCUT2D eigenvalue weighted by atomic mass is 10.0. The van der Waals surface area contributed by atoms with Crippen LogP contribution in [0, 0.1) is 5.92 Å². The molecule has 1 aromatic rings. The Bertz CT molecular complexity index is 246. The van der Waals surface area contributed by atoms with E-state index in [1.54, 1.807) is 0 Å². The second-order valence-corrected chi connectivity index (χ2v) is 3.56. The van der Waals surface area contributed by atoms with E-state index in [4.69, 9.17) is 0 Å². The molecular weight excluding hydrogens is 156 g/mol. The summed E-state index contributed by atoms with van der Waals surface area (Å²) in [5.74, 6) is 0.806. The summed E-state index contributed by atoms with van der Waals surface area (Å²) in [5, 5.41) is 0. The molecule has 0 heterocycles. The summed E-state index contributed by atoms with van der Waals surface area (Å²) in [6.07, 6.45) is 6.92. The summed E-state index contributed by atoms with van der Waals surface area (Å²) < 4.78 is 0. The third kappa shape index (κ3) is 3.93. The molecule has 0 spiro atoms. The van der Waals surface area contributed by atoms with Gasteiger partial charge in [-0.15, -0.1) is 0 Å². The number of benzene rings is 1. The van der Waals surface area contributed by atoms with Crippen LogP contribution in [0.3, 0.4) is 0 Å². The summed E-state index contributed by atoms with van der Waals surface area (Å²) >= 11 is 0. The highest BCUT2D eigenvalue weighted by Crippen LogP contribution is 2.09. The van der Waals surface area contributed by atoms with Crippen LogP contribution in [0.25, 0.3) is 6.08 Å². The van der Waals surface area contributed by atoms with E-state index in [-0.39, 0.29) is 0 Å². The number of allylic oxidation sites excluding steroid dienone is 1.